The van der Waals surface area contributed by atoms with E-state index in [1.165, 1.54) is 11.1 Å². The maximum Gasteiger partial charge on any atom is 0.192 e. The molecular weight excluding hydrogens is 270 g/mol. The molecule has 4 heteroatoms. The van der Waals surface area contributed by atoms with Crippen LogP contribution in [0.4, 0.5) is 0 Å². The molecule has 0 aromatic heterocycles. The summed E-state index contributed by atoms with van der Waals surface area (Å²) in [5.74, 6) is 0.887. The standard InChI is InChI=1S/C16H17N3.ClH/c1-3-7-13(8-4-1)15(14-9-5-2-6-10-14)19-16-17-11-12-18-16;/h1-10,15H,11-12H2,(H2,17,18,19);1H. The van der Waals surface area contributed by atoms with E-state index in [1.54, 1.807) is 0 Å². The van der Waals surface area contributed by atoms with Crippen LogP contribution in [0.3, 0.4) is 0 Å². The molecule has 0 unspecified atom stereocenters. The summed E-state index contributed by atoms with van der Waals surface area (Å²) in [5, 5.41) is 6.75. The lowest BCUT2D eigenvalue weighted by Gasteiger charge is -2.20. The number of nitrogens with zero attached hydrogens (tertiary/aromatic N) is 1. The molecule has 0 spiro atoms. The SMILES string of the molecule is Cl.c1ccc(C(NC2=NCCN2)c2ccccc2)cc1. The van der Waals surface area contributed by atoms with Gasteiger partial charge in [-0.1, -0.05) is 60.7 Å². The highest BCUT2D eigenvalue weighted by molar-refractivity contribution is 5.85. The van der Waals surface area contributed by atoms with Gasteiger partial charge in [0.25, 0.3) is 0 Å². The average molecular weight is 288 g/mol. The van der Waals surface area contributed by atoms with Crippen LogP contribution in [0, 0.1) is 0 Å². The van der Waals surface area contributed by atoms with E-state index in [1.807, 2.05) is 12.1 Å². The summed E-state index contributed by atoms with van der Waals surface area (Å²) in [6.07, 6.45) is 0. The molecule has 2 aromatic carbocycles. The van der Waals surface area contributed by atoms with Gasteiger partial charge in [0.2, 0.25) is 0 Å². The third-order valence-electron chi connectivity index (χ3n) is 3.22. The van der Waals surface area contributed by atoms with Crippen LogP contribution < -0.4 is 10.6 Å². The highest BCUT2D eigenvalue weighted by atomic mass is 35.5. The highest BCUT2D eigenvalue weighted by Gasteiger charge is 2.16. The topological polar surface area (TPSA) is 36.4 Å². The number of nitrogens with one attached hydrogen (secondary N) is 2. The molecule has 2 aromatic rings. The van der Waals surface area contributed by atoms with Crippen LogP contribution in [0.5, 0.6) is 0 Å². The van der Waals surface area contributed by atoms with Gasteiger partial charge in [0, 0.05) is 6.54 Å². The number of hydrogen-bond donors (Lipinski definition) is 2. The van der Waals surface area contributed by atoms with Gasteiger partial charge in [-0.2, -0.15) is 0 Å². The van der Waals surface area contributed by atoms with Crippen LogP contribution in [0.2, 0.25) is 0 Å². The Hall–Kier alpha value is -2.00. The zero-order valence-electron chi connectivity index (χ0n) is 11.1. The Balaban J connectivity index is 0.00000147. The van der Waals surface area contributed by atoms with E-state index in [2.05, 4.69) is 64.2 Å². The number of halogens is 1. The van der Waals surface area contributed by atoms with Gasteiger partial charge in [0.15, 0.2) is 5.96 Å². The summed E-state index contributed by atoms with van der Waals surface area (Å²) in [7, 11) is 0. The van der Waals surface area contributed by atoms with Gasteiger partial charge in [0.05, 0.1) is 12.6 Å². The number of aliphatic imine (C=N–C) groups is 1. The van der Waals surface area contributed by atoms with E-state index in [9.17, 15) is 0 Å². The zero-order valence-corrected chi connectivity index (χ0v) is 11.9. The predicted octanol–water partition coefficient (Wildman–Crippen LogP) is 2.75. The maximum atomic E-state index is 4.42. The van der Waals surface area contributed by atoms with Crippen molar-refractivity contribution in [2.45, 2.75) is 6.04 Å². The molecule has 1 heterocycles. The first-order valence-corrected chi connectivity index (χ1v) is 6.58. The van der Waals surface area contributed by atoms with E-state index < -0.39 is 0 Å². The molecule has 3 nitrogen and oxygen atoms in total. The van der Waals surface area contributed by atoms with E-state index in [0.717, 1.165) is 19.0 Å². The summed E-state index contributed by atoms with van der Waals surface area (Å²) < 4.78 is 0. The molecule has 1 aliphatic heterocycles. The lowest BCUT2D eigenvalue weighted by Crippen LogP contribution is -2.37. The third kappa shape index (κ3) is 3.31. The minimum Gasteiger partial charge on any atom is -0.355 e. The summed E-state index contributed by atoms with van der Waals surface area (Å²) in [4.78, 5) is 4.42. The molecule has 0 saturated carbocycles. The van der Waals surface area contributed by atoms with Crippen LogP contribution in [-0.2, 0) is 0 Å². The number of hydrogen-bond acceptors (Lipinski definition) is 3. The Kier molecular flexibility index (Phi) is 5.02. The van der Waals surface area contributed by atoms with Crippen molar-refractivity contribution in [1.82, 2.24) is 10.6 Å². The summed E-state index contributed by atoms with van der Waals surface area (Å²) in [6, 6.07) is 21.0. The smallest absolute Gasteiger partial charge is 0.192 e. The molecule has 3 rings (SSSR count). The Morgan fingerprint density at radius 1 is 0.900 bits per heavy atom. The molecule has 0 atom stereocenters. The zero-order chi connectivity index (χ0) is 12.9. The molecule has 0 saturated heterocycles. The average Bonchev–Trinajstić information content (AvgIpc) is 3.00. The second kappa shape index (κ2) is 6.96. The van der Waals surface area contributed by atoms with Gasteiger partial charge < -0.3 is 10.6 Å². The van der Waals surface area contributed by atoms with Crippen LogP contribution in [0.25, 0.3) is 0 Å². The number of rotatable bonds is 3. The van der Waals surface area contributed by atoms with Crippen LogP contribution in [-0.4, -0.2) is 19.0 Å². The Morgan fingerprint density at radius 3 is 1.90 bits per heavy atom. The van der Waals surface area contributed by atoms with Gasteiger partial charge >= 0.3 is 0 Å². The van der Waals surface area contributed by atoms with Crippen molar-refractivity contribution in [1.29, 1.82) is 0 Å². The molecule has 0 amide bonds. The minimum absolute atomic E-state index is 0. The van der Waals surface area contributed by atoms with Crippen molar-refractivity contribution in [3.05, 3.63) is 71.8 Å². The molecule has 2 N–H and O–H groups in total. The molecule has 0 fully saturated rings. The van der Waals surface area contributed by atoms with Crippen molar-refractivity contribution in [2.75, 3.05) is 13.1 Å². The largest absolute Gasteiger partial charge is 0.355 e. The van der Waals surface area contributed by atoms with E-state index in [-0.39, 0.29) is 18.4 Å². The van der Waals surface area contributed by atoms with Crippen molar-refractivity contribution < 1.29 is 0 Å². The Bertz CT molecular complexity index is 515. The van der Waals surface area contributed by atoms with Gasteiger partial charge in [-0.15, -0.1) is 12.4 Å². The molecular formula is C16H18ClN3. The summed E-state index contributed by atoms with van der Waals surface area (Å²) in [6.45, 7) is 1.76. The van der Waals surface area contributed by atoms with Gasteiger partial charge in [-0.25, -0.2) is 0 Å². The normalized spacial score (nSPS) is 13.3. The molecule has 0 bridgehead atoms. The monoisotopic (exact) mass is 287 g/mol. The molecule has 0 aliphatic carbocycles. The number of benzene rings is 2. The first kappa shape index (κ1) is 14.4. The Labute approximate surface area is 125 Å². The first-order valence-electron chi connectivity index (χ1n) is 6.58. The van der Waals surface area contributed by atoms with E-state index in [0.29, 0.717) is 0 Å². The predicted molar refractivity (Wildman–Crippen MR) is 85.4 cm³/mol. The lowest BCUT2D eigenvalue weighted by molar-refractivity contribution is 0.744. The fourth-order valence-electron chi connectivity index (χ4n) is 2.28. The molecule has 1 aliphatic rings. The van der Waals surface area contributed by atoms with Crippen molar-refractivity contribution >= 4 is 18.4 Å². The molecule has 104 valence electrons. The van der Waals surface area contributed by atoms with Crippen LogP contribution in [0.15, 0.2) is 65.7 Å². The number of guanidine groups is 1. The van der Waals surface area contributed by atoms with Gasteiger partial charge in [-0.3, -0.25) is 4.99 Å². The fourth-order valence-corrected chi connectivity index (χ4v) is 2.28. The second-order valence-corrected chi connectivity index (χ2v) is 4.56. The highest BCUT2D eigenvalue weighted by Crippen LogP contribution is 2.21. The first-order chi connectivity index (χ1) is 9.43. The third-order valence-corrected chi connectivity index (χ3v) is 3.22. The van der Waals surface area contributed by atoms with Crippen LogP contribution >= 0.6 is 12.4 Å². The van der Waals surface area contributed by atoms with E-state index in [4.69, 9.17) is 0 Å². The molecule has 20 heavy (non-hydrogen) atoms. The molecule has 0 radical (unpaired) electrons. The minimum atomic E-state index is 0. The van der Waals surface area contributed by atoms with Crippen molar-refractivity contribution in [3.8, 4) is 0 Å². The summed E-state index contributed by atoms with van der Waals surface area (Å²) >= 11 is 0. The van der Waals surface area contributed by atoms with Gasteiger partial charge in [-0.05, 0) is 11.1 Å². The quantitative estimate of drug-likeness (QED) is 0.911. The maximum absolute atomic E-state index is 4.42. The van der Waals surface area contributed by atoms with Gasteiger partial charge in [0.1, 0.15) is 0 Å². The lowest BCUT2D eigenvalue weighted by atomic mass is 9.99. The van der Waals surface area contributed by atoms with E-state index >= 15 is 0 Å². The van der Waals surface area contributed by atoms with Crippen molar-refractivity contribution in [2.24, 2.45) is 4.99 Å². The Morgan fingerprint density at radius 2 is 1.45 bits per heavy atom. The van der Waals surface area contributed by atoms with Crippen LogP contribution in [0.1, 0.15) is 17.2 Å². The second-order valence-electron chi connectivity index (χ2n) is 4.56. The van der Waals surface area contributed by atoms with Crippen molar-refractivity contribution in [3.63, 3.8) is 0 Å². The summed E-state index contributed by atoms with van der Waals surface area (Å²) in [5.41, 5.74) is 2.48. The fraction of sp³-hybridized carbons (Fsp3) is 0.188.